The van der Waals surface area contributed by atoms with E-state index in [9.17, 15) is 0 Å². The molecule has 0 bridgehead atoms. The summed E-state index contributed by atoms with van der Waals surface area (Å²) in [4.78, 5) is 9.57. The third-order valence-electron chi connectivity index (χ3n) is 3.37. The lowest BCUT2D eigenvalue weighted by Gasteiger charge is -2.30. The second-order valence-electron chi connectivity index (χ2n) is 4.90. The molecule has 1 unspecified atom stereocenters. The number of pyridine rings is 1. The summed E-state index contributed by atoms with van der Waals surface area (Å²) in [6, 6.07) is 4.25. The zero-order valence-electron chi connectivity index (χ0n) is 11.0. The maximum atomic E-state index is 5.79. The lowest BCUT2D eigenvalue weighted by Crippen LogP contribution is -2.39. The van der Waals surface area contributed by atoms with Crippen LogP contribution < -0.4 is 10.6 Å². The third-order valence-corrected chi connectivity index (χ3v) is 3.59. The minimum absolute atomic E-state index is 0.417. The molecule has 0 spiro atoms. The molecule has 1 aliphatic rings. The van der Waals surface area contributed by atoms with Gasteiger partial charge >= 0.3 is 0 Å². The van der Waals surface area contributed by atoms with Gasteiger partial charge in [0.2, 0.25) is 0 Å². The Balaban J connectivity index is 2.32. The van der Waals surface area contributed by atoms with Crippen LogP contribution in [0.5, 0.6) is 0 Å². The van der Waals surface area contributed by atoms with Gasteiger partial charge in [0.1, 0.15) is 10.8 Å². The zero-order chi connectivity index (χ0) is 13.1. The van der Waals surface area contributed by atoms with Crippen LogP contribution in [0.2, 0.25) is 0 Å². The van der Waals surface area contributed by atoms with Gasteiger partial charge < -0.3 is 15.5 Å². The number of thiocarbonyl (C=S) groups is 1. The number of rotatable bonds is 2. The highest BCUT2D eigenvalue weighted by molar-refractivity contribution is 7.80. The number of hydrogen-bond acceptors (Lipinski definition) is 4. The van der Waals surface area contributed by atoms with E-state index in [1.165, 1.54) is 0 Å². The first-order valence-electron chi connectivity index (χ1n) is 6.29. The molecule has 2 N–H and O–H groups in total. The summed E-state index contributed by atoms with van der Waals surface area (Å²) < 4.78 is 0. The van der Waals surface area contributed by atoms with Crippen LogP contribution in [0.15, 0.2) is 18.3 Å². The number of anilines is 1. The Kier molecular flexibility index (Phi) is 4.14. The van der Waals surface area contributed by atoms with Crippen molar-refractivity contribution < 1.29 is 0 Å². The van der Waals surface area contributed by atoms with Crippen molar-refractivity contribution in [2.45, 2.75) is 19.4 Å². The Morgan fingerprint density at radius 1 is 1.50 bits per heavy atom. The van der Waals surface area contributed by atoms with Gasteiger partial charge in [-0.1, -0.05) is 12.2 Å². The van der Waals surface area contributed by atoms with Crippen molar-refractivity contribution in [2.24, 2.45) is 5.73 Å². The Morgan fingerprint density at radius 2 is 2.28 bits per heavy atom. The van der Waals surface area contributed by atoms with Crippen molar-refractivity contribution in [3.8, 4) is 0 Å². The highest BCUT2D eigenvalue weighted by atomic mass is 32.1. The largest absolute Gasteiger partial charge is 0.389 e. The van der Waals surface area contributed by atoms with E-state index in [4.69, 9.17) is 18.0 Å². The molecule has 1 atom stereocenters. The molecule has 1 aromatic heterocycles. The first-order valence-corrected chi connectivity index (χ1v) is 6.70. The second kappa shape index (κ2) is 5.63. The highest BCUT2D eigenvalue weighted by Gasteiger charge is 2.23. The van der Waals surface area contributed by atoms with Gasteiger partial charge in [0.25, 0.3) is 0 Å². The lowest BCUT2D eigenvalue weighted by atomic mass is 10.2. The Labute approximate surface area is 114 Å². The van der Waals surface area contributed by atoms with E-state index in [0.717, 1.165) is 37.4 Å². The Bertz CT molecular complexity index is 435. The zero-order valence-corrected chi connectivity index (χ0v) is 11.8. The van der Waals surface area contributed by atoms with Crippen LogP contribution in [0.25, 0.3) is 0 Å². The fraction of sp³-hybridized carbons (Fsp3) is 0.538. The molecule has 18 heavy (non-hydrogen) atoms. The molecule has 0 saturated carbocycles. The number of likely N-dealkylation sites (N-methyl/N-ethyl adjacent to an activating group) is 1. The first-order chi connectivity index (χ1) is 8.59. The Hall–Kier alpha value is -1.20. The van der Waals surface area contributed by atoms with Crippen molar-refractivity contribution in [1.82, 2.24) is 9.88 Å². The number of nitrogens with two attached hydrogens (primary N) is 1. The molecular weight excluding hydrogens is 244 g/mol. The summed E-state index contributed by atoms with van der Waals surface area (Å²) in [5.41, 5.74) is 6.67. The molecule has 4 nitrogen and oxygen atoms in total. The van der Waals surface area contributed by atoms with Gasteiger partial charge in [0.15, 0.2) is 0 Å². The summed E-state index contributed by atoms with van der Waals surface area (Å²) in [5.74, 6) is 0.924. The fourth-order valence-corrected chi connectivity index (χ4v) is 2.66. The van der Waals surface area contributed by atoms with Crippen molar-refractivity contribution in [3.63, 3.8) is 0 Å². The standard InChI is InChI=1S/C13H20N4S/c1-10-9-16(2)7-4-8-17(10)13-11(12(14)18)5-3-6-15-13/h3,5-6,10H,4,7-9H2,1-2H3,(H2,14,18). The minimum atomic E-state index is 0.417. The van der Waals surface area contributed by atoms with Gasteiger partial charge in [-0.3, -0.25) is 0 Å². The predicted molar refractivity (Wildman–Crippen MR) is 79.0 cm³/mol. The molecule has 5 heteroatoms. The van der Waals surface area contributed by atoms with Crippen LogP contribution in [0.4, 0.5) is 5.82 Å². The molecule has 0 aliphatic carbocycles. The van der Waals surface area contributed by atoms with E-state index in [-0.39, 0.29) is 0 Å². The molecule has 0 amide bonds. The second-order valence-corrected chi connectivity index (χ2v) is 5.34. The number of aromatic nitrogens is 1. The normalized spacial score (nSPS) is 21.7. The van der Waals surface area contributed by atoms with Crippen molar-refractivity contribution in [1.29, 1.82) is 0 Å². The molecule has 2 heterocycles. The molecule has 0 radical (unpaired) electrons. The molecule has 98 valence electrons. The molecular formula is C13H20N4S. The van der Waals surface area contributed by atoms with Gasteiger partial charge in [-0.25, -0.2) is 4.98 Å². The predicted octanol–water partition coefficient (Wildman–Crippen LogP) is 1.25. The average molecular weight is 264 g/mol. The van der Waals surface area contributed by atoms with Crippen LogP contribution in [0.1, 0.15) is 18.9 Å². The van der Waals surface area contributed by atoms with Gasteiger partial charge in [-0.05, 0) is 39.1 Å². The summed E-state index contributed by atoms with van der Waals surface area (Å²) in [6.45, 7) is 5.38. The van der Waals surface area contributed by atoms with Crippen LogP contribution in [-0.2, 0) is 0 Å². The maximum absolute atomic E-state index is 5.79. The van der Waals surface area contributed by atoms with Gasteiger partial charge in [0, 0.05) is 25.3 Å². The summed E-state index contributed by atoms with van der Waals surface area (Å²) in [7, 11) is 2.16. The van der Waals surface area contributed by atoms with Gasteiger partial charge in [-0.2, -0.15) is 0 Å². The molecule has 2 rings (SSSR count). The highest BCUT2D eigenvalue weighted by Crippen LogP contribution is 2.21. The van der Waals surface area contributed by atoms with Crippen LogP contribution in [0, 0.1) is 0 Å². The fourth-order valence-electron chi connectivity index (χ4n) is 2.51. The van der Waals surface area contributed by atoms with Gasteiger partial charge in [0.05, 0.1) is 5.56 Å². The monoisotopic (exact) mass is 264 g/mol. The summed E-state index contributed by atoms with van der Waals surface area (Å²) in [5, 5.41) is 0. The van der Waals surface area contributed by atoms with Crippen LogP contribution in [0.3, 0.4) is 0 Å². The van der Waals surface area contributed by atoms with Crippen molar-refractivity contribution >= 4 is 23.0 Å². The number of nitrogens with zero attached hydrogens (tertiary/aromatic N) is 3. The topological polar surface area (TPSA) is 45.4 Å². The lowest BCUT2D eigenvalue weighted by molar-refractivity contribution is 0.337. The molecule has 1 aliphatic heterocycles. The van der Waals surface area contributed by atoms with Crippen LogP contribution >= 0.6 is 12.2 Å². The van der Waals surface area contributed by atoms with E-state index in [1.54, 1.807) is 6.20 Å². The minimum Gasteiger partial charge on any atom is -0.389 e. The third kappa shape index (κ3) is 2.79. The average Bonchev–Trinajstić information content (AvgIpc) is 2.50. The van der Waals surface area contributed by atoms with E-state index in [2.05, 4.69) is 28.8 Å². The van der Waals surface area contributed by atoms with Gasteiger partial charge in [-0.15, -0.1) is 0 Å². The molecule has 1 fully saturated rings. The van der Waals surface area contributed by atoms with Crippen molar-refractivity contribution in [3.05, 3.63) is 23.9 Å². The summed E-state index contributed by atoms with van der Waals surface area (Å²) >= 11 is 5.12. The van der Waals surface area contributed by atoms with Crippen LogP contribution in [-0.4, -0.2) is 47.6 Å². The molecule has 1 aromatic rings. The Morgan fingerprint density at radius 3 is 3.00 bits per heavy atom. The van der Waals surface area contributed by atoms with E-state index in [0.29, 0.717) is 11.0 Å². The quantitative estimate of drug-likeness (QED) is 0.815. The van der Waals surface area contributed by atoms with E-state index >= 15 is 0 Å². The molecule has 1 saturated heterocycles. The van der Waals surface area contributed by atoms with Crippen molar-refractivity contribution in [2.75, 3.05) is 31.6 Å². The SMILES string of the molecule is CC1CN(C)CCCN1c1ncccc1C(N)=S. The first kappa shape index (κ1) is 13.2. The molecule has 0 aromatic carbocycles. The maximum Gasteiger partial charge on any atom is 0.139 e. The smallest absolute Gasteiger partial charge is 0.139 e. The number of hydrogen-bond donors (Lipinski definition) is 1. The van der Waals surface area contributed by atoms with E-state index in [1.807, 2.05) is 12.1 Å². The summed E-state index contributed by atoms with van der Waals surface area (Å²) in [6.07, 6.45) is 2.94. The van der Waals surface area contributed by atoms with E-state index < -0.39 is 0 Å².